The first-order valence-corrected chi connectivity index (χ1v) is 6.34. The standard InChI is InChI=1S/C15H16N2O3/c1-2-20-17-9-13-8-14(18)15(10-16-13)19-11-12-6-4-3-5-7-12/h3-10H,2,11H2,1H3,(H,16,18). The fourth-order valence-corrected chi connectivity index (χ4v) is 1.57. The van der Waals surface area contributed by atoms with Gasteiger partial charge < -0.3 is 14.6 Å². The van der Waals surface area contributed by atoms with E-state index < -0.39 is 0 Å². The van der Waals surface area contributed by atoms with Crippen molar-refractivity contribution in [2.75, 3.05) is 6.61 Å². The third-order valence-electron chi connectivity index (χ3n) is 2.53. The summed E-state index contributed by atoms with van der Waals surface area (Å²) < 4.78 is 5.48. The Morgan fingerprint density at radius 3 is 2.80 bits per heavy atom. The van der Waals surface area contributed by atoms with Gasteiger partial charge in [0.2, 0.25) is 5.43 Å². The van der Waals surface area contributed by atoms with E-state index in [9.17, 15) is 4.79 Å². The summed E-state index contributed by atoms with van der Waals surface area (Å²) in [7, 11) is 0. The number of aromatic nitrogens is 1. The van der Waals surface area contributed by atoms with Crippen LogP contribution in [0.25, 0.3) is 0 Å². The first-order valence-electron chi connectivity index (χ1n) is 6.34. The Balaban J connectivity index is 2.01. The number of hydrogen-bond acceptors (Lipinski definition) is 4. The molecule has 1 heterocycles. The molecule has 0 atom stereocenters. The number of ether oxygens (including phenoxy) is 1. The molecule has 20 heavy (non-hydrogen) atoms. The van der Waals surface area contributed by atoms with E-state index >= 15 is 0 Å². The third-order valence-corrected chi connectivity index (χ3v) is 2.53. The SMILES string of the molecule is CCON=Cc1cc(=O)c(OCc2ccccc2)c[nH]1. The first kappa shape index (κ1) is 13.9. The van der Waals surface area contributed by atoms with Gasteiger partial charge >= 0.3 is 0 Å². The Hall–Kier alpha value is -2.56. The van der Waals surface area contributed by atoms with Gasteiger partial charge in [-0.2, -0.15) is 0 Å². The van der Waals surface area contributed by atoms with Gasteiger partial charge in [0.05, 0.1) is 11.9 Å². The highest BCUT2D eigenvalue weighted by molar-refractivity contribution is 5.76. The number of pyridine rings is 1. The highest BCUT2D eigenvalue weighted by Crippen LogP contribution is 2.06. The Bertz CT molecular complexity index is 621. The molecule has 5 nitrogen and oxygen atoms in total. The minimum absolute atomic E-state index is 0.197. The number of aromatic amines is 1. The number of nitrogens with one attached hydrogen (secondary N) is 1. The monoisotopic (exact) mass is 272 g/mol. The van der Waals surface area contributed by atoms with Crippen molar-refractivity contribution < 1.29 is 9.57 Å². The van der Waals surface area contributed by atoms with E-state index in [1.165, 1.54) is 18.5 Å². The lowest BCUT2D eigenvalue weighted by atomic mass is 10.2. The molecule has 0 amide bonds. The summed E-state index contributed by atoms with van der Waals surface area (Å²) in [5.74, 6) is 0.280. The van der Waals surface area contributed by atoms with Crippen LogP contribution in [-0.2, 0) is 11.4 Å². The Labute approximate surface area is 116 Å². The average Bonchev–Trinajstić information content (AvgIpc) is 2.48. The molecule has 2 aromatic rings. The second-order valence-corrected chi connectivity index (χ2v) is 4.04. The van der Waals surface area contributed by atoms with Crippen molar-refractivity contribution in [3.8, 4) is 5.75 Å². The number of benzene rings is 1. The number of nitrogens with zero attached hydrogens (tertiary/aromatic N) is 1. The van der Waals surface area contributed by atoms with E-state index in [1.54, 1.807) is 0 Å². The van der Waals surface area contributed by atoms with E-state index in [4.69, 9.17) is 9.57 Å². The van der Waals surface area contributed by atoms with Gasteiger partial charge in [-0.3, -0.25) is 4.79 Å². The Morgan fingerprint density at radius 2 is 2.10 bits per heavy atom. The largest absolute Gasteiger partial charge is 0.483 e. The molecule has 0 radical (unpaired) electrons. The zero-order valence-electron chi connectivity index (χ0n) is 11.2. The molecule has 0 saturated heterocycles. The highest BCUT2D eigenvalue weighted by Gasteiger charge is 2.02. The van der Waals surface area contributed by atoms with Gasteiger partial charge in [-0.1, -0.05) is 35.5 Å². The Morgan fingerprint density at radius 1 is 1.30 bits per heavy atom. The summed E-state index contributed by atoms with van der Waals surface area (Å²) in [5.41, 5.74) is 1.38. The van der Waals surface area contributed by atoms with Crippen LogP contribution in [0.2, 0.25) is 0 Å². The minimum Gasteiger partial charge on any atom is -0.483 e. The summed E-state index contributed by atoms with van der Waals surface area (Å²) in [6, 6.07) is 11.1. The molecule has 0 fully saturated rings. The topological polar surface area (TPSA) is 63.7 Å². The van der Waals surface area contributed by atoms with Crippen LogP contribution < -0.4 is 10.2 Å². The average molecular weight is 272 g/mol. The maximum absolute atomic E-state index is 11.8. The van der Waals surface area contributed by atoms with Crippen molar-refractivity contribution in [3.05, 3.63) is 64.1 Å². The molecule has 0 spiro atoms. The lowest BCUT2D eigenvalue weighted by Crippen LogP contribution is -2.09. The van der Waals surface area contributed by atoms with Crippen LogP contribution in [0.5, 0.6) is 5.75 Å². The summed E-state index contributed by atoms with van der Waals surface area (Å²) in [5, 5.41) is 3.69. The molecule has 104 valence electrons. The number of H-pyrrole nitrogens is 1. The smallest absolute Gasteiger partial charge is 0.224 e. The van der Waals surface area contributed by atoms with E-state index in [0.717, 1.165) is 5.56 Å². The van der Waals surface area contributed by atoms with Crippen LogP contribution in [0.3, 0.4) is 0 Å². The van der Waals surface area contributed by atoms with E-state index in [0.29, 0.717) is 18.9 Å². The fourth-order valence-electron chi connectivity index (χ4n) is 1.57. The molecular formula is C15H16N2O3. The molecule has 0 aliphatic carbocycles. The lowest BCUT2D eigenvalue weighted by Gasteiger charge is -2.05. The molecule has 5 heteroatoms. The van der Waals surface area contributed by atoms with Crippen LogP contribution in [0.1, 0.15) is 18.2 Å². The quantitative estimate of drug-likeness (QED) is 0.648. The molecule has 1 aromatic carbocycles. The lowest BCUT2D eigenvalue weighted by molar-refractivity contribution is 0.160. The van der Waals surface area contributed by atoms with E-state index in [1.807, 2.05) is 37.3 Å². The molecule has 0 aliphatic heterocycles. The zero-order chi connectivity index (χ0) is 14.2. The number of rotatable bonds is 6. The van der Waals surface area contributed by atoms with Crippen LogP contribution in [0.15, 0.2) is 52.5 Å². The third kappa shape index (κ3) is 3.98. The predicted molar refractivity (Wildman–Crippen MR) is 77.1 cm³/mol. The summed E-state index contributed by atoms with van der Waals surface area (Å²) >= 11 is 0. The Kier molecular flexibility index (Phi) is 4.94. The van der Waals surface area contributed by atoms with Gasteiger partial charge in [-0.15, -0.1) is 0 Å². The van der Waals surface area contributed by atoms with Gasteiger partial charge in [-0.05, 0) is 12.5 Å². The van der Waals surface area contributed by atoms with Crippen LogP contribution >= 0.6 is 0 Å². The van der Waals surface area contributed by atoms with Crippen LogP contribution in [0.4, 0.5) is 0 Å². The van der Waals surface area contributed by atoms with Gasteiger partial charge in [0.15, 0.2) is 5.75 Å². The van der Waals surface area contributed by atoms with Crippen molar-refractivity contribution in [3.63, 3.8) is 0 Å². The predicted octanol–water partition coefficient (Wildman–Crippen LogP) is 2.32. The second kappa shape index (κ2) is 7.13. The summed E-state index contributed by atoms with van der Waals surface area (Å²) in [4.78, 5) is 19.6. The normalized spacial score (nSPS) is 10.7. The zero-order valence-corrected chi connectivity index (χ0v) is 11.2. The van der Waals surface area contributed by atoms with Crippen LogP contribution in [0, 0.1) is 0 Å². The summed E-state index contributed by atoms with van der Waals surface area (Å²) in [6.07, 6.45) is 2.98. The number of hydrogen-bond donors (Lipinski definition) is 1. The van der Waals surface area contributed by atoms with E-state index in [2.05, 4.69) is 10.1 Å². The van der Waals surface area contributed by atoms with Crippen molar-refractivity contribution in [2.45, 2.75) is 13.5 Å². The molecule has 0 unspecified atom stereocenters. The first-order chi connectivity index (χ1) is 9.79. The minimum atomic E-state index is -0.197. The summed E-state index contributed by atoms with van der Waals surface area (Å²) in [6.45, 7) is 2.68. The van der Waals surface area contributed by atoms with Crippen LogP contribution in [-0.4, -0.2) is 17.8 Å². The maximum atomic E-state index is 11.8. The number of oxime groups is 1. The van der Waals surface area contributed by atoms with E-state index in [-0.39, 0.29) is 11.2 Å². The molecule has 0 bridgehead atoms. The highest BCUT2D eigenvalue weighted by atomic mass is 16.6. The molecule has 1 aromatic heterocycles. The van der Waals surface area contributed by atoms with Gasteiger partial charge in [-0.25, -0.2) is 0 Å². The van der Waals surface area contributed by atoms with Gasteiger partial charge in [0, 0.05) is 12.3 Å². The van der Waals surface area contributed by atoms with Gasteiger partial charge in [0.25, 0.3) is 0 Å². The molecule has 1 N–H and O–H groups in total. The molecule has 2 rings (SSSR count). The van der Waals surface area contributed by atoms with Crippen molar-refractivity contribution in [2.24, 2.45) is 5.16 Å². The molecule has 0 saturated carbocycles. The second-order valence-electron chi connectivity index (χ2n) is 4.04. The van der Waals surface area contributed by atoms with Gasteiger partial charge in [0.1, 0.15) is 13.2 Å². The maximum Gasteiger partial charge on any atom is 0.224 e. The van der Waals surface area contributed by atoms with Crippen molar-refractivity contribution >= 4 is 6.21 Å². The molecule has 0 aliphatic rings. The molecular weight excluding hydrogens is 256 g/mol. The van der Waals surface area contributed by atoms with Crippen molar-refractivity contribution in [1.82, 2.24) is 4.98 Å². The fraction of sp³-hybridized carbons (Fsp3) is 0.200. The van der Waals surface area contributed by atoms with Crippen molar-refractivity contribution in [1.29, 1.82) is 0 Å².